The normalized spacial score (nSPS) is 19.4. The molecule has 3 aromatic rings. The third kappa shape index (κ3) is 3.71. The molecule has 0 aliphatic heterocycles. The lowest BCUT2D eigenvalue weighted by atomic mass is 10.1. The number of aryl methyl sites for hydroxylation is 5. The molecule has 5 rings (SSSR count). The van der Waals surface area contributed by atoms with E-state index in [2.05, 4.69) is 22.3 Å². The standard InChI is InChI=1S/C23H28N6O2/c1-14-10-22(28(3)25-14)27(2)20-12-21(26-29(4)23(20)30)31-13-16-11-17(16)19-9-8-15-6-5-7-18(15)24-19/h8-10,12,16-17H,5-7,11,13H2,1-4H3/t16-,17+/m1/s1. The van der Waals surface area contributed by atoms with Crippen LogP contribution in [0.1, 0.15) is 41.4 Å². The molecule has 1 fully saturated rings. The highest BCUT2D eigenvalue weighted by molar-refractivity contribution is 5.59. The fourth-order valence-corrected chi connectivity index (χ4v) is 4.54. The minimum atomic E-state index is -0.180. The van der Waals surface area contributed by atoms with E-state index in [1.807, 2.05) is 32.0 Å². The fraction of sp³-hybridized carbons (Fsp3) is 0.478. The van der Waals surface area contributed by atoms with Crippen LogP contribution in [-0.4, -0.2) is 38.2 Å². The van der Waals surface area contributed by atoms with Crippen molar-refractivity contribution in [2.75, 3.05) is 18.6 Å². The second kappa shape index (κ2) is 7.51. The fourth-order valence-electron chi connectivity index (χ4n) is 4.54. The van der Waals surface area contributed by atoms with Crippen LogP contribution >= 0.6 is 0 Å². The molecular weight excluding hydrogens is 392 g/mol. The molecule has 0 saturated heterocycles. The summed E-state index contributed by atoms with van der Waals surface area (Å²) >= 11 is 0. The highest BCUT2D eigenvalue weighted by Crippen LogP contribution is 2.47. The topological polar surface area (TPSA) is 78.1 Å². The van der Waals surface area contributed by atoms with Gasteiger partial charge in [-0.3, -0.25) is 14.5 Å². The lowest BCUT2D eigenvalue weighted by molar-refractivity contribution is 0.278. The third-order valence-corrected chi connectivity index (χ3v) is 6.40. The van der Waals surface area contributed by atoms with Gasteiger partial charge in [-0.2, -0.15) is 5.10 Å². The molecule has 0 aromatic carbocycles. The molecule has 162 valence electrons. The maximum Gasteiger partial charge on any atom is 0.290 e. The quantitative estimate of drug-likeness (QED) is 0.610. The first-order valence-corrected chi connectivity index (χ1v) is 10.8. The SMILES string of the molecule is Cc1cc(N(C)c2cc(OC[C@H]3C[C@@H]3c3ccc4c(n3)CCC4)nn(C)c2=O)n(C)n1. The van der Waals surface area contributed by atoms with E-state index in [-0.39, 0.29) is 5.56 Å². The molecule has 3 aromatic heterocycles. The lowest BCUT2D eigenvalue weighted by Crippen LogP contribution is -2.28. The average molecular weight is 421 g/mol. The molecule has 31 heavy (non-hydrogen) atoms. The summed E-state index contributed by atoms with van der Waals surface area (Å²) in [5, 5.41) is 8.67. The average Bonchev–Trinajstić information content (AvgIpc) is 3.22. The maximum atomic E-state index is 12.7. The molecule has 8 nitrogen and oxygen atoms in total. The van der Waals surface area contributed by atoms with Gasteiger partial charge in [0.25, 0.3) is 5.56 Å². The van der Waals surface area contributed by atoms with Crippen LogP contribution in [0.3, 0.4) is 0 Å². The summed E-state index contributed by atoms with van der Waals surface area (Å²) in [5.41, 5.74) is 5.10. The maximum absolute atomic E-state index is 12.7. The van der Waals surface area contributed by atoms with Gasteiger partial charge in [-0.15, -0.1) is 5.10 Å². The Labute approximate surface area is 181 Å². The molecule has 2 aliphatic rings. The van der Waals surface area contributed by atoms with Crippen molar-refractivity contribution in [2.24, 2.45) is 20.0 Å². The Bertz CT molecular complexity index is 1200. The molecule has 0 amide bonds. The van der Waals surface area contributed by atoms with Crippen LogP contribution in [0.2, 0.25) is 0 Å². The van der Waals surface area contributed by atoms with Gasteiger partial charge in [0.1, 0.15) is 11.5 Å². The molecular formula is C23H28N6O2. The van der Waals surface area contributed by atoms with Crippen LogP contribution in [0, 0.1) is 12.8 Å². The molecule has 3 heterocycles. The number of hydrogen-bond donors (Lipinski definition) is 0. The first-order chi connectivity index (χ1) is 14.9. The Balaban J connectivity index is 1.29. The number of anilines is 2. The van der Waals surface area contributed by atoms with Crippen molar-refractivity contribution in [3.05, 3.63) is 57.3 Å². The zero-order chi connectivity index (χ0) is 21.7. The molecule has 1 saturated carbocycles. The van der Waals surface area contributed by atoms with E-state index in [0.717, 1.165) is 30.8 Å². The summed E-state index contributed by atoms with van der Waals surface area (Å²) in [6.07, 6.45) is 4.56. The van der Waals surface area contributed by atoms with Crippen molar-refractivity contribution >= 4 is 11.5 Å². The molecule has 2 atom stereocenters. The van der Waals surface area contributed by atoms with Crippen LogP contribution in [0.4, 0.5) is 11.5 Å². The first-order valence-electron chi connectivity index (χ1n) is 10.8. The second-order valence-corrected chi connectivity index (χ2v) is 8.73. The van der Waals surface area contributed by atoms with Crippen LogP contribution < -0.4 is 15.2 Å². The van der Waals surface area contributed by atoms with E-state index in [1.54, 1.807) is 17.8 Å². The highest BCUT2D eigenvalue weighted by atomic mass is 16.5. The Morgan fingerprint density at radius 1 is 1.16 bits per heavy atom. The van der Waals surface area contributed by atoms with E-state index in [4.69, 9.17) is 9.72 Å². The summed E-state index contributed by atoms with van der Waals surface area (Å²) in [7, 11) is 5.37. The van der Waals surface area contributed by atoms with Crippen LogP contribution in [0.15, 0.2) is 29.1 Å². The van der Waals surface area contributed by atoms with Crippen molar-refractivity contribution in [3.63, 3.8) is 0 Å². The Morgan fingerprint density at radius 2 is 2.00 bits per heavy atom. The van der Waals surface area contributed by atoms with Crippen molar-refractivity contribution in [3.8, 4) is 5.88 Å². The van der Waals surface area contributed by atoms with Gasteiger partial charge in [-0.05, 0) is 44.2 Å². The van der Waals surface area contributed by atoms with Gasteiger partial charge >= 0.3 is 0 Å². The van der Waals surface area contributed by atoms with Gasteiger partial charge in [0.2, 0.25) is 5.88 Å². The van der Waals surface area contributed by atoms with Crippen LogP contribution in [-0.2, 0) is 26.9 Å². The summed E-state index contributed by atoms with van der Waals surface area (Å²) in [6.45, 7) is 2.50. The van der Waals surface area contributed by atoms with E-state index in [1.165, 1.54) is 28.1 Å². The number of aromatic nitrogens is 5. The largest absolute Gasteiger partial charge is 0.476 e. The number of rotatable bonds is 6. The zero-order valence-electron chi connectivity index (χ0n) is 18.5. The highest BCUT2D eigenvalue weighted by Gasteiger charge is 2.40. The summed E-state index contributed by atoms with van der Waals surface area (Å²) < 4.78 is 9.11. The summed E-state index contributed by atoms with van der Waals surface area (Å²) in [6, 6.07) is 8.09. The molecule has 2 aliphatic carbocycles. The van der Waals surface area contributed by atoms with Crippen LogP contribution in [0.5, 0.6) is 5.88 Å². The Hall–Kier alpha value is -3.16. The van der Waals surface area contributed by atoms with Gasteiger partial charge in [-0.25, -0.2) is 4.68 Å². The Morgan fingerprint density at radius 3 is 2.77 bits per heavy atom. The predicted molar refractivity (Wildman–Crippen MR) is 118 cm³/mol. The second-order valence-electron chi connectivity index (χ2n) is 8.73. The van der Waals surface area contributed by atoms with E-state index in [0.29, 0.717) is 30.0 Å². The number of nitrogens with zero attached hydrogens (tertiary/aromatic N) is 6. The predicted octanol–water partition coefficient (Wildman–Crippen LogP) is 2.66. The molecule has 0 unspecified atom stereocenters. The van der Waals surface area contributed by atoms with E-state index in [9.17, 15) is 4.79 Å². The minimum absolute atomic E-state index is 0.180. The molecule has 0 N–H and O–H groups in total. The van der Waals surface area contributed by atoms with E-state index >= 15 is 0 Å². The first kappa shape index (κ1) is 19.8. The van der Waals surface area contributed by atoms with Gasteiger partial charge in [0, 0.05) is 56.5 Å². The van der Waals surface area contributed by atoms with Gasteiger partial charge in [0.15, 0.2) is 0 Å². The number of fused-ring (bicyclic) bond motifs is 1. The Kier molecular flexibility index (Phi) is 4.79. The molecule has 0 bridgehead atoms. The van der Waals surface area contributed by atoms with E-state index < -0.39 is 0 Å². The van der Waals surface area contributed by atoms with Crippen molar-refractivity contribution in [1.82, 2.24) is 24.5 Å². The third-order valence-electron chi connectivity index (χ3n) is 6.40. The monoisotopic (exact) mass is 420 g/mol. The van der Waals surface area contributed by atoms with Crippen molar-refractivity contribution in [2.45, 2.75) is 38.5 Å². The molecule has 0 spiro atoms. The minimum Gasteiger partial charge on any atom is -0.476 e. The number of hydrogen-bond acceptors (Lipinski definition) is 6. The van der Waals surface area contributed by atoms with Crippen molar-refractivity contribution in [1.29, 1.82) is 0 Å². The zero-order valence-corrected chi connectivity index (χ0v) is 18.5. The summed E-state index contributed by atoms with van der Waals surface area (Å²) in [4.78, 5) is 19.4. The lowest BCUT2D eigenvalue weighted by Gasteiger charge is -2.19. The molecule has 0 radical (unpaired) electrons. The van der Waals surface area contributed by atoms with Gasteiger partial charge in [-0.1, -0.05) is 6.07 Å². The van der Waals surface area contributed by atoms with Crippen LogP contribution in [0.25, 0.3) is 0 Å². The molecule has 8 heteroatoms. The number of ether oxygens (including phenoxy) is 1. The summed E-state index contributed by atoms with van der Waals surface area (Å²) in [5.74, 6) is 2.18. The van der Waals surface area contributed by atoms with Gasteiger partial charge in [0.05, 0.1) is 12.3 Å². The number of pyridine rings is 1. The van der Waals surface area contributed by atoms with Crippen molar-refractivity contribution < 1.29 is 4.74 Å². The van der Waals surface area contributed by atoms with Gasteiger partial charge < -0.3 is 9.64 Å². The smallest absolute Gasteiger partial charge is 0.290 e.